The first-order valence-corrected chi connectivity index (χ1v) is 4.89. The van der Waals surface area contributed by atoms with Crippen LogP contribution in [-0.4, -0.2) is 21.2 Å². The number of pyridine rings is 1. The second-order valence-electron chi connectivity index (χ2n) is 2.88. The van der Waals surface area contributed by atoms with Gasteiger partial charge in [0.05, 0.1) is 18.6 Å². The summed E-state index contributed by atoms with van der Waals surface area (Å²) in [6.45, 7) is 0. The molecule has 80 valence electrons. The first-order valence-electron chi connectivity index (χ1n) is 4.51. The van der Waals surface area contributed by atoms with Crippen LogP contribution in [-0.2, 0) is 0 Å². The summed E-state index contributed by atoms with van der Waals surface area (Å²) in [6, 6.07) is 3.68. The van der Waals surface area contributed by atoms with E-state index in [-0.39, 0.29) is 0 Å². The van der Waals surface area contributed by atoms with E-state index < -0.39 is 0 Å². The van der Waals surface area contributed by atoms with Crippen LogP contribution >= 0.6 is 11.6 Å². The molecule has 0 aliphatic carbocycles. The highest BCUT2D eigenvalue weighted by Gasteiger charge is 1.93. The van der Waals surface area contributed by atoms with Crippen molar-refractivity contribution in [2.24, 2.45) is 5.10 Å². The van der Waals surface area contributed by atoms with E-state index in [0.29, 0.717) is 11.0 Å². The van der Waals surface area contributed by atoms with Crippen LogP contribution < -0.4 is 5.43 Å². The van der Waals surface area contributed by atoms with Crippen molar-refractivity contribution >= 4 is 23.6 Å². The standard InChI is InChI=1S/C10H8ClN5/c11-9-6-13-7-10(15-9)16-14-5-8-1-3-12-4-2-8/h1-7H,(H,15,16). The average molecular weight is 234 g/mol. The van der Waals surface area contributed by atoms with E-state index in [1.54, 1.807) is 18.6 Å². The van der Waals surface area contributed by atoms with Crippen molar-refractivity contribution in [3.05, 3.63) is 47.6 Å². The summed E-state index contributed by atoms with van der Waals surface area (Å²) in [5.41, 5.74) is 3.67. The Balaban J connectivity index is 2.00. The number of nitrogens with one attached hydrogen (secondary N) is 1. The quantitative estimate of drug-likeness (QED) is 0.650. The Morgan fingerprint density at radius 2 is 2.00 bits per heavy atom. The molecular formula is C10H8ClN5. The van der Waals surface area contributed by atoms with E-state index in [1.807, 2.05) is 12.1 Å². The predicted molar refractivity (Wildman–Crippen MR) is 62.5 cm³/mol. The summed E-state index contributed by atoms with van der Waals surface area (Å²) in [6.07, 6.45) is 8.04. The fourth-order valence-corrected chi connectivity index (χ4v) is 1.17. The van der Waals surface area contributed by atoms with E-state index in [2.05, 4.69) is 25.5 Å². The first kappa shape index (κ1) is 10.5. The molecule has 16 heavy (non-hydrogen) atoms. The third-order valence-electron chi connectivity index (χ3n) is 1.70. The highest BCUT2D eigenvalue weighted by Crippen LogP contribution is 2.06. The summed E-state index contributed by atoms with van der Waals surface area (Å²) in [5.74, 6) is 0.498. The van der Waals surface area contributed by atoms with Crippen LogP contribution in [0.3, 0.4) is 0 Å². The molecule has 0 aromatic carbocycles. The molecule has 0 aliphatic heterocycles. The van der Waals surface area contributed by atoms with E-state index in [4.69, 9.17) is 11.6 Å². The van der Waals surface area contributed by atoms with Gasteiger partial charge in [-0.3, -0.25) is 15.4 Å². The molecule has 0 aliphatic rings. The van der Waals surface area contributed by atoms with E-state index in [9.17, 15) is 0 Å². The molecule has 2 aromatic heterocycles. The van der Waals surface area contributed by atoms with Crippen LogP contribution in [0.2, 0.25) is 5.15 Å². The number of anilines is 1. The van der Waals surface area contributed by atoms with Crippen LogP contribution in [0.1, 0.15) is 5.56 Å². The van der Waals surface area contributed by atoms with Crippen molar-refractivity contribution in [1.29, 1.82) is 0 Å². The molecule has 2 aromatic rings. The number of rotatable bonds is 3. The zero-order valence-corrected chi connectivity index (χ0v) is 8.96. The maximum Gasteiger partial charge on any atom is 0.166 e. The molecule has 0 amide bonds. The fourth-order valence-electron chi connectivity index (χ4n) is 1.02. The molecule has 6 heteroatoms. The first-order chi connectivity index (χ1) is 7.84. The molecule has 0 fully saturated rings. The van der Waals surface area contributed by atoms with Gasteiger partial charge in [-0.05, 0) is 17.7 Å². The molecule has 0 spiro atoms. The Labute approximate surface area is 97.2 Å². The van der Waals surface area contributed by atoms with Gasteiger partial charge in [-0.15, -0.1) is 0 Å². The van der Waals surface area contributed by atoms with Gasteiger partial charge < -0.3 is 0 Å². The summed E-state index contributed by atoms with van der Waals surface area (Å²) in [4.78, 5) is 11.7. The van der Waals surface area contributed by atoms with Gasteiger partial charge in [0, 0.05) is 12.4 Å². The minimum atomic E-state index is 0.323. The zero-order chi connectivity index (χ0) is 11.2. The molecule has 0 bridgehead atoms. The van der Waals surface area contributed by atoms with Crippen LogP contribution in [0, 0.1) is 0 Å². The highest BCUT2D eigenvalue weighted by molar-refractivity contribution is 6.29. The second-order valence-corrected chi connectivity index (χ2v) is 3.26. The van der Waals surface area contributed by atoms with Gasteiger partial charge in [0.25, 0.3) is 0 Å². The third kappa shape index (κ3) is 2.99. The van der Waals surface area contributed by atoms with Crippen molar-refractivity contribution in [1.82, 2.24) is 15.0 Å². The second kappa shape index (κ2) is 5.18. The Morgan fingerprint density at radius 1 is 1.19 bits per heavy atom. The molecule has 0 saturated heterocycles. The average Bonchev–Trinajstić information content (AvgIpc) is 2.30. The lowest BCUT2D eigenvalue weighted by Gasteiger charge is -1.97. The smallest absolute Gasteiger partial charge is 0.166 e. The van der Waals surface area contributed by atoms with Crippen LogP contribution in [0.5, 0.6) is 0 Å². The largest absolute Gasteiger partial charge is 0.265 e. The van der Waals surface area contributed by atoms with Crippen molar-refractivity contribution in [2.75, 3.05) is 5.43 Å². The van der Waals surface area contributed by atoms with Gasteiger partial charge >= 0.3 is 0 Å². The van der Waals surface area contributed by atoms with Crippen molar-refractivity contribution in [2.45, 2.75) is 0 Å². The molecule has 1 N–H and O–H groups in total. The number of nitrogens with zero attached hydrogens (tertiary/aromatic N) is 4. The molecule has 0 radical (unpaired) electrons. The van der Waals surface area contributed by atoms with Crippen LogP contribution in [0.15, 0.2) is 42.0 Å². The maximum absolute atomic E-state index is 5.67. The van der Waals surface area contributed by atoms with Crippen LogP contribution in [0.25, 0.3) is 0 Å². The monoisotopic (exact) mass is 233 g/mol. The molecule has 0 atom stereocenters. The van der Waals surface area contributed by atoms with Gasteiger partial charge in [-0.25, -0.2) is 4.98 Å². The highest BCUT2D eigenvalue weighted by atomic mass is 35.5. The lowest BCUT2D eigenvalue weighted by atomic mass is 10.3. The molecule has 0 unspecified atom stereocenters. The van der Waals surface area contributed by atoms with Gasteiger partial charge in [0.15, 0.2) is 5.82 Å². The molecule has 0 saturated carbocycles. The number of hydrogen-bond acceptors (Lipinski definition) is 5. The zero-order valence-electron chi connectivity index (χ0n) is 8.21. The van der Waals surface area contributed by atoms with Gasteiger partial charge in [0.1, 0.15) is 5.15 Å². The number of halogens is 1. The maximum atomic E-state index is 5.67. The topological polar surface area (TPSA) is 63.1 Å². The van der Waals surface area contributed by atoms with Gasteiger partial charge in [-0.2, -0.15) is 5.10 Å². The predicted octanol–water partition coefficient (Wildman–Crippen LogP) is 1.97. The van der Waals surface area contributed by atoms with Gasteiger partial charge in [-0.1, -0.05) is 11.6 Å². The van der Waals surface area contributed by atoms with Crippen molar-refractivity contribution in [3.8, 4) is 0 Å². The fraction of sp³-hybridized carbons (Fsp3) is 0. The minimum absolute atomic E-state index is 0.323. The summed E-state index contributed by atoms with van der Waals surface area (Å²) in [7, 11) is 0. The normalized spacial score (nSPS) is 10.6. The molecular weight excluding hydrogens is 226 g/mol. The van der Waals surface area contributed by atoms with E-state index in [1.165, 1.54) is 12.4 Å². The Kier molecular flexibility index (Phi) is 3.40. The Morgan fingerprint density at radius 3 is 2.75 bits per heavy atom. The minimum Gasteiger partial charge on any atom is -0.265 e. The van der Waals surface area contributed by atoms with Gasteiger partial charge in [0.2, 0.25) is 0 Å². The number of aromatic nitrogens is 3. The third-order valence-corrected chi connectivity index (χ3v) is 1.89. The van der Waals surface area contributed by atoms with Crippen LogP contribution in [0.4, 0.5) is 5.82 Å². The van der Waals surface area contributed by atoms with Crippen molar-refractivity contribution < 1.29 is 0 Å². The lowest BCUT2D eigenvalue weighted by molar-refractivity contribution is 1.16. The molecule has 2 heterocycles. The summed E-state index contributed by atoms with van der Waals surface area (Å²) < 4.78 is 0. The van der Waals surface area contributed by atoms with E-state index in [0.717, 1.165) is 5.56 Å². The molecule has 2 rings (SSSR count). The molecule has 5 nitrogen and oxygen atoms in total. The lowest BCUT2D eigenvalue weighted by Crippen LogP contribution is -1.94. The number of hydrogen-bond donors (Lipinski definition) is 1. The summed E-state index contributed by atoms with van der Waals surface area (Å²) in [5, 5.41) is 4.31. The van der Waals surface area contributed by atoms with Crippen molar-refractivity contribution in [3.63, 3.8) is 0 Å². The SMILES string of the molecule is Clc1cncc(NN=Cc2ccncc2)n1. The Hall–Kier alpha value is -2.01. The number of hydrazone groups is 1. The summed E-state index contributed by atoms with van der Waals surface area (Å²) >= 11 is 5.67. The Bertz CT molecular complexity index is 486. The van der Waals surface area contributed by atoms with E-state index >= 15 is 0 Å².